The molecule has 94 valence electrons. The Balaban J connectivity index is 2.30. The van der Waals surface area contributed by atoms with Gasteiger partial charge in [-0.1, -0.05) is 20.3 Å². The van der Waals surface area contributed by atoms with Gasteiger partial charge < -0.3 is 11.1 Å². The van der Waals surface area contributed by atoms with Gasteiger partial charge in [0.05, 0.1) is 0 Å². The lowest BCUT2D eigenvalue weighted by Gasteiger charge is -2.29. The van der Waals surface area contributed by atoms with Gasteiger partial charge in [0.1, 0.15) is 0 Å². The minimum absolute atomic E-state index is 0.00361. The van der Waals surface area contributed by atoms with Crippen molar-refractivity contribution < 1.29 is 4.79 Å². The predicted molar refractivity (Wildman–Crippen MR) is 67.0 cm³/mol. The van der Waals surface area contributed by atoms with E-state index in [1.54, 1.807) is 0 Å². The Kier molecular flexibility index (Phi) is 5.81. The molecule has 0 bridgehead atoms. The van der Waals surface area contributed by atoms with E-state index in [9.17, 15) is 4.79 Å². The largest absolute Gasteiger partial charge is 0.353 e. The summed E-state index contributed by atoms with van der Waals surface area (Å²) in [6, 6.07) is 0.399. The molecule has 3 nitrogen and oxygen atoms in total. The first kappa shape index (κ1) is 13.5. The summed E-state index contributed by atoms with van der Waals surface area (Å²) in [7, 11) is 0. The van der Waals surface area contributed by atoms with Crippen molar-refractivity contribution in [1.82, 2.24) is 5.32 Å². The van der Waals surface area contributed by atoms with Crippen LogP contribution < -0.4 is 11.1 Å². The molecule has 0 saturated heterocycles. The SMILES string of the molecule is CCC1CCC(NC(=O)C(CC)CN)CC1. The van der Waals surface area contributed by atoms with Crippen LogP contribution in [0.5, 0.6) is 0 Å². The average molecular weight is 226 g/mol. The van der Waals surface area contributed by atoms with E-state index in [-0.39, 0.29) is 11.8 Å². The third-order valence-electron chi connectivity index (χ3n) is 3.92. The van der Waals surface area contributed by atoms with Gasteiger partial charge in [-0.2, -0.15) is 0 Å². The highest BCUT2D eigenvalue weighted by Crippen LogP contribution is 2.26. The zero-order chi connectivity index (χ0) is 12.0. The fourth-order valence-corrected chi connectivity index (χ4v) is 2.49. The molecule has 1 aliphatic carbocycles. The highest BCUT2D eigenvalue weighted by molar-refractivity contribution is 5.79. The van der Waals surface area contributed by atoms with Crippen molar-refractivity contribution in [2.75, 3.05) is 6.54 Å². The number of rotatable bonds is 5. The zero-order valence-corrected chi connectivity index (χ0v) is 10.7. The molecule has 1 unspecified atom stereocenters. The van der Waals surface area contributed by atoms with Crippen molar-refractivity contribution in [3.8, 4) is 0 Å². The molecule has 1 saturated carbocycles. The van der Waals surface area contributed by atoms with Gasteiger partial charge in [-0.05, 0) is 38.0 Å². The summed E-state index contributed by atoms with van der Waals surface area (Å²) in [6.07, 6.45) is 6.94. The lowest BCUT2D eigenvalue weighted by molar-refractivity contribution is -0.125. The molecule has 0 aromatic carbocycles. The number of hydrogen-bond donors (Lipinski definition) is 2. The molecule has 16 heavy (non-hydrogen) atoms. The van der Waals surface area contributed by atoms with Crippen LogP contribution in [-0.2, 0) is 4.79 Å². The van der Waals surface area contributed by atoms with E-state index >= 15 is 0 Å². The van der Waals surface area contributed by atoms with Gasteiger partial charge in [0.15, 0.2) is 0 Å². The summed E-state index contributed by atoms with van der Waals surface area (Å²) in [4.78, 5) is 11.8. The van der Waals surface area contributed by atoms with Crippen LogP contribution >= 0.6 is 0 Å². The smallest absolute Gasteiger partial charge is 0.224 e. The average Bonchev–Trinajstić information content (AvgIpc) is 2.31. The molecule has 0 aromatic heterocycles. The summed E-state index contributed by atoms with van der Waals surface area (Å²) in [5.74, 6) is 1.04. The van der Waals surface area contributed by atoms with Crippen molar-refractivity contribution in [3.05, 3.63) is 0 Å². The standard InChI is InChI=1S/C13H26N2O/c1-3-10-5-7-12(8-6-10)15-13(16)11(4-2)9-14/h10-12H,3-9,14H2,1-2H3,(H,15,16). The minimum Gasteiger partial charge on any atom is -0.353 e. The molecular formula is C13H26N2O. The second kappa shape index (κ2) is 6.89. The van der Waals surface area contributed by atoms with Crippen LogP contribution in [0.1, 0.15) is 52.4 Å². The molecule has 0 aliphatic heterocycles. The molecule has 1 fully saturated rings. The van der Waals surface area contributed by atoms with E-state index in [4.69, 9.17) is 5.73 Å². The number of nitrogens with one attached hydrogen (secondary N) is 1. The van der Waals surface area contributed by atoms with Crippen molar-refractivity contribution in [2.24, 2.45) is 17.6 Å². The van der Waals surface area contributed by atoms with Gasteiger partial charge in [-0.15, -0.1) is 0 Å². The van der Waals surface area contributed by atoms with Crippen LogP contribution in [0.25, 0.3) is 0 Å². The maximum Gasteiger partial charge on any atom is 0.224 e. The van der Waals surface area contributed by atoms with Crippen LogP contribution in [0.4, 0.5) is 0 Å². The highest BCUT2D eigenvalue weighted by atomic mass is 16.1. The maximum atomic E-state index is 11.8. The van der Waals surface area contributed by atoms with Gasteiger partial charge in [0.25, 0.3) is 0 Å². The van der Waals surface area contributed by atoms with Gasteiger partial charge in [-0.3, -0.25) is 4.79 Å². The molecule has 3 heteroatoms. The number of hydrogen-bond acceptors (Lipinski definition) is 2. The van der Waals surface area contributed by atoms with Gasteiger partial charge >= 0.3 is 0 Å². The van der Waals surface area contributed by atoms with Gasteiger partial charge in [0.2, 0.25) is 5.91 Å². The molecule has 3 N–H and O–H groups in total. The Bertz CT molecular complexity index is 206. The zero-order valence-electron chi connectivity index (χ0n) is 10.7. The van der Waals surface area contributed by atoms with Crippen LogP contribution in [-0.4, -0.2) is 18.5 Å². The van der Waals surface area contributed by atoms with Gasteiger partial charge in [-0.25, -0.2) is 0 Å². The minimum atomic E-state index is 0.00361. The number of amides is 1. The van der Waals surface area contributed by atoms with Crippen molar-refractivity contribution in [2.45, 2.75) is 58.4 Å². The summed E-state index contributed by atoms with van der Waals surface area (Å²) in [5.41, 5.74) is 5.57. The predicted octanol–water partition coefficient (Wildman–Crippen LogP) is 2.06. The molecule has 1 rings (SSSR count). The topological polar surface area (TPSA) is 55.1 Å². The molecule has 0 heterocycles. The Morgan fingerprint density at radius 1 is 1.31 bits per heavy atom. The number of carbonyl (C=O) groups excluding carboxylic acids is 1. The molecular weight excluding hydrogens is 200 g/mol. The van der Waals surface area contributed by atoms with Crippen LogP contribution in [0.15, 0.2) is 0 Å². The van der Waals surface area contributed by atoms with E-state index in [0.717, 1.165) is 25.2 Å². The normalized spacial score (nSPS) is 27.4. The summed E-state index contributed by atoms with van der Waals surface area (Å²) in [6.45, 7) is 4.74. The van der Waals surface area contributed by atoms with E-state index in [1.165, 1.54) is 19.3 Å². The lowest BCUT2D eigenvalue weighted by Crippen LogP contribution is -2.42. The molecule has 1 atom stereocenters. The molecule has 0 radical (unpaired) electrons. The van der Waals surface area contributed by atoms with Crippen molar-refractivity contribution >= 4 is 5.91 Å². The third kappa shape index (κ3) is 3.78. The Hall–Kier alpha value is -0.570. The molecule has 1 amide bonds. The third-order valence-corrected chi connectivity index (χ3v) is 3.92. The monoisotopic (exact) mass is 226 g/mol. The quantitative estimate of drug-likeness (QED) is 0.754. The fraction of sp³-hybridized carbons (Fsp3) is 0.923. The molecule has 1 aliphatic rings. The van der Waals surface area contributed by atoms with E-state index in [0.29, 0.717) is 12.6 Å². The van der Waals surface area contributed by atoms with E-state index < -0.39 is 0 Å². The fourth-order valence-electron chi connectivity index (χ4n) is 2.49. The first-order valence-corrected chi connectivity index (χ1v) is 6.71. The van der Waals surface area contributed by atoms with Crippen molar-refractivity contribution in [3.63, 3.8) is 0 Å². The summed E-state index contributed by atoms with van der Waals surface area (Å²) in [5, 5.41) is 3.15. The van der Waals surface area contributed by atoms with Crippen LogP contribution in [0, 0.1) is 11.8 Å². The van der Waals surface area contributed by atoms with Crippen LogP contribution in [0.3, 0.4) is 0 Å². The van der Waals surface area contributed by atoms with E-state index in [1.807, 2.05) is 6.92 Å². The lowest BCUT2D eigenvalue weighted by atomic mass is 9.84. The van der Waals surface area contributed by atoms with E-state index in [2.05, 4.69) is 12.2 Å². The highest BCUT2D eigenvalue weighted by Gasteiger charge is 2.23. The Labute approximate surface area is 99.2 Å². The Morgan fingerprint density at radius 3 is 2.38 bits per heavy atom. The summed E-state index contributed by atoms with van der Waals surface area (Å²) < 4.78 is 0. The molecule has 0 spiro atoms. The van der Waals surface area contributed by atoms with Crippen molar-refractivity contribution in [1.29, 1.82) is 0 Å². The second-order valence-corrected chi connectivity index (χ2v) is 4.98. The first-order chi connectivity index (χ1) is 7.71. The summed E-state index contributed by atoms with van der Waals surface area (Å²) >= 11 is 0. The van der Waals surface area contributed by atoms with Crippen LogP contribution in [0.2, 0.25) is 0 Å². The number of nitrogens with two attached hydrogens (primary N) is 1. The maximum absolute atomic E-state index is 11.8. The second-order valence-electron chi connectivity index (χ2n) is 4.98. The van der Waals surface area contributed by atoms with Gasteiger partial charge in [0, 0.05) is 18.5 Å². The number of carbonyl (C=O) groups is 1. The molecule has 0 aromatic rings. The Morgan fingerprint density at radius 2 is 1.94 bits per heavy atom. The first-order valence-electron chi connectivity index (χ1n) is 6.71.